The number of nitrogens with zero attached hydrogens (tertiary/aromatic N) is 4. The Hall–Kier alpha value is -5.05. The first-order valence-corrected chi connectivity index (χ1v) is 12.8. The van der Waals surface area contributed by atoms with Gasteiger partial charge in [-0.15, -0.1) is 0 Å². The molecule has 0 saturated carbocycles. The molecule has 40 heavy (non-hydrogen) atoms. The molecule has 5 rings (SSSR count). The number of anilines is 1. The molecule has 0 bridgehead atoms. The molecule has 1 aliphatic rings. The summed E-state index contributed by atoms with van der Waals surface area (Å²) in [6, 6.07) is 22.5. The normalized spacial score (nSPS) is 14.2. The van der Waals surface area contributed by atoms with E-state index in [2.05, 4.69) is 0 Å². The van der Waals surface area contributed by atoms with Crippen molar-refractivity contribution in [2.75, 3.05) is 11.4 Å². The van der Waals surface area contributed by atoms with Gasteiger partial charge in [-0.1, -0.05) is 24.3 Å². The largest absolute Gasteiger partial charge is 0.327 e. The number of fused-ring (bicyclic) bond motifs is 3. The monoisotopic (exact) mass is 538 g/mol. The zero-order valence-electron chi connectivity index (χ0n) is 22.0. The van der Waals surface area contributed by atoms with Crippen molar-refractivity contribution in [1.82, 2.24) is 9.47 Å². The molecule has 1 atom stereocenters. The number of carbonyl (C=O) groups excluding carboxylic acids is 2. The molecule has 0 aliphatic carbocycles. The number of nitro groups is 1. The van der Waals surface area contributed by atoms with Crippen molar-refractivity contribution in [3.05, 3.63) is 130 Å². The van der Waals surface area contributed by atoms with Crippen molar-refractivity contribution < 1.29 is 18.9 Å². The van der Waals surface area contributed by atoms with Gasteiger partial charge in [-0.3, -0.25) is 24.6 Å². The van der Waals surface area contributed by atoms with E-state index in [1.54, 1.807) is 35.2 Å². The summed E-state index contributed by atoms with van der Waals surface area (Å²) in [6.45, 7) is 3.48. The lowest BCUT2D eigenvalue weighted by molar-refractivity contribution is -0.384. The second-order valence-corrected chi connectivity index (χ2v) is 9.75. The summed E-state index contributed by atoms with van der Waals surface area (Å²) >= 11 is 0. The van der Waals surface area contributed by atoms with Crippen molar-refractivity contribution in [2.24, 2.45) is 0 Å². The number of para-hydroxylation sites is 2. The first-order valence-electron chi connectivity index (χ1n) is 12.8. The summed E-state index contributed by atoms with van der Waals surface area (Å²) < 4.78 is 15.8. The van der Waals surface area contributed by atoms with Crippen molar-refractivity contribution in [3.63, 3.8) is 0 Å². The minimum Gasteiger partial charge on any atom is -0.327 e. The van der Waals surface area contributed by atoms with Crippen LogP contribution in [0.15, 0.2) is 97.2 Å². The van der Waals surface area contributed by atoms with Gasteiger partial charge in [0.15, 0.2) is 0 Å². The Kier molecular flexibility index (Phi) is 7.29. The maximum absolute atomic E-state index is 14.1. The van der Waals surface area contributed by atoms with Crippen molar-refractivity contribution in [2.45, 2.75) is 25.9 Å². The average Bonchev–Trinajstić information content (AvgIpc) is 3.44. The number of carbonyl (C=O) groups is 2. The minimum atomic E-state index is -0.530. The summed E-state index contributed by atoms with van der Waals surface area (Å²) in [5.41, 5.74) is 3.68. The molecule has 202 valence electrons. The zero-order chi connectivity index (χ0) is 28.4. The van der Waals surface area contributed by atoms with E-state index in [1.165, 1.54) is 35.2 Å². The van der Waals surface area contributed by atoms with E-state index >= 15 is 0 Å². The van der Waals surface area contributed by atoms with Crippen molar-refractivity contribution >= 4 is 29.3 Å². The molecule has 2 amide bonds. The van der Waals surface area contributed by atoms with Gasteiger partial charge in [0.1, 0.15) is 18.4 Å². The summed E-state index contributed by atoms with van der Waals surface area (Å²) in [5, 5.41) is 10.9. The van der Waals surface area contributed by atoms with E-state index in [-0.39, 0.29) is 35.9 Å². The Morgan fingerprint density at radius 2 is 1.65 bits per heavy atom. The van der Waals surface area contributed by atoms with Gasteiger partial charge < -0.3 is 9.47 Å². The molecule has 0 fully saturated rings. The number of amides is 2. The Morgan fingerprint density at radius 3 is 2.30 bits per heavy atom. The van der Waals surface area contributed by atoms with Crippen LogP contribution in [0.1, 0.15) is 36.7 Å². The van der Waals surface area contributed by atoms with Crippen LogP contribution in [0.3, 0.4) is 0 Å². The Balaban J connectivity index is 1.46. The number of benzene rings is 3. The first kappa shape index (κ1) is 26.6. The maximum Gasteiger partial charge on any atom is 0.269 e. The molecule has 2 heterocycles. The second kappa shape index (κ2) is 11.0. The fourth-order valence-electron chi connectivity index (χ4n) is 4.93. The number of rotatable bonds is 7. The fraction of sp³-hybridized carbons (Fsp3) is 0.161. The molecule has 8 nitrogen and oxygen atoms in total. The van der Waals surface area contributed by atoms with Gasteiger partial charge >= 0.3 is 0 Å². The third-order valence-corrected chi connectivity index (χ3v) is 6.91. The minimum absolute atomic E-state index is 0.0402. The van der Waals surface area contributed by atoms with Gasteiger partial charge in [-0.25, -0.2) is 4.39 Å². The lowest BCUT2D eigenvalue weighted by Gasteiger charge is -2.40. The molecule has 1 aromatic heterocycles. The number of non-ortho nitro benzene ring substituents is 1. The molecule has 4 aromatic rings. The van der Waals surface area contributed by atoms with Crippen LogP contribution in [0.25, 0.3) is 11.8 Å². The van der Waals surface area contributed by atoms with Crippen LogP contribution in [0.2, 0.25) is 0 Å². The number of halogens is 1. The highest BCUT2D eigenvalue weighted by Crippen LogP contribution is 2.42. The Bertz CT molecular complexity index is 1590. The van der Waals surface area contributed by atoms with Crippen LogP contribution in [-0.2, 0) is 9.59 Å². The van der Waals surface area contributed by atoms with E-state index in [4.69, 9.17) is 0 Å². The lowest BCUT2D eigenvalue weighted by atomic mass is 9.97. The van der Waals surface area contributed by atoms with Crippen LogP contribution >= 0.6 is 0 Å². The van der Waals surface area contributed by atoms with Gasteiger partial charge in [0, 0.05) is 30.4 Å². The smallest absolute Gasteiger partial charge is 0.269 e. The van der Waals surface area contributed by atoms with Crippen molar-refractivity contribution in [1.29, 1.82) is 0 Å². The van der Waals surface area contributed by atoms with Gasteiger partial charge in [-0.2, -0.15) is 0 Å². The number of nitro benzene ring substituents is 1. The highest BCUT2D eigenvalue weighted by atomic mass is 19.1. The molecule has 1 aliphatic heterocycles. The van der Waals surface area contributed by atoms with E-state index in [1.807, 2.05) is 61.0 Å². The lowest BCUT2D eigenvalue weighted by Crippen LogP contribution is -2.48. The average molecular weight is 539 g/mol. The standard InChI is InChI=1S/C31H27FN4O4/c1-21(2)34(29(37)18-11-22-9-16-25(17-10-22)36(39)40)20-30(38)35-27-7-4-3-6-26(27)33-19-5-8-28(33)31(35)23-12-14-24(32)15-13-23/h3-19,21,31H,20H2,1-2H3/b18-11+. The van der Waals surface area contributed by atoms with Gasteiger partial charge in [0.2, 0.25) is 11.8 Å². The van der Waals surface area contributed by atoms with Crippen LogP contribution in [0.4, 0.5) is 15.8 Å². The summed E-state index contributed by atoms with van der Waals surface area (Å²) in [5.74, 6) is -1.03. The van der Waals surface area contributed by atoms with Crippen LogP contribution in [0.5, 0.6) is 0 Å². The topological polar surface area (TPSA) is 88.7 Å². The molecule has 0 radical (unpaired) electrons. The van der Waals surface area contributed by atoms with Gasteiger partial charge in [0.05, 0.1) is 22.0 Å². The third-order valence-electron chi connectivity index (χ3n) is 6.91. The summed E-state index contributed by atoms with van der Waals surface area (Å²) in [6.07, 6.45) is 4.86. The molecule has 0 saturated heterocycles. The van der Waals surface area contributed by atoms with E-state index in [0.717, 1.165) is 16.9 Å². The van der Waals surface area contributed by atoms with E-state index in [0.29, 0.717) is 11.3 Å². The Labute approximate surface area is 230 Å². The molecular weight excluding hydrogens is 511 g/mol. The molecule has 0 spiro atoms. The zero-order valence-corrected chi connectivity index (χ0v) is 22.0. The quantitative estimate of drug-likeness (QED) is 0.166. The molecular formula is C31H27FN4O4. The van der Waals surface area contributed by atoms with Crippen molar-refractivity contribution in [3.8, 4) is 5.69 Å². The number of aromatic nitrogens is 1. The van der Waals surface area contributed by atoms with E-state index < -0.39 is 11.0 Å². The SMILES string of the molecule is CC(C)N(CC(=O)N1c2ccccc2-n2cccc2C1c1ccc(F)cc1)C(=O)/C=C/c1ccc([N+](=O)[O-])cc1. The maximum atomic E-state index is 14.1. The second-order valence-electron chi connectivity index (χ2n) is 9.75. The number of hydrogen-bond donors (Lipinski definition) is 0. The molecule has 1 unspecified atom stereocenters. The summed E-state index contributed by atoms with van der Waals surface area (Å²) in [7, 11) is 0. The molecule has 0 N–H and O–H groups in total. The van der Waals surface area contributed by atoms with Crippen LogP contribution in [-0.4, -0.2) is 38.8 Å². The first-order chi connectivity index (χ1) is 19.2. The van der Waals surface area contributed by atoms with Gasteiger partial charge in [-0.05, 0) is 79.6 Å². The highest BCUT2D eigenvalue weighted by molar-refractivity contribution is 6.02. The number of hydrogen-bond acceptors (Lipinski definition) is 4. The Morgan fingerprint density at radius 1 is 0.975 bits per heavy atom. The third kappa shape index (κ3) is 5.13. The highest BCUT2D eigenvalue weighted by Gasteiger charge is 2.37. The fourth-order valence-corrected chi connectivity index (χ4v) is 4.93. The van der Waals surface area contributed by atoms with Crippen LogP contribution in [0, 0.1) is 15.9 Å². The predicted octanol–water partition coefficient (Wildman–Crippen LogP) is 5.91. The van der Waals surface area contributed by atoms with E-state index in [9.17, 15) is 24.1 Å². The predicted molar refractivity (Wildman–Crippen MR) is 150 cm³/mol. The molecule has 3 aromatic carbocycles. The summed E-state index contributed by atoms with van der Waals surface area (Å²) in [4.78, 5) is 40.9. The van der Waals surface area contributed by atoms with Gasteiger partial charge in [0.25, 0.3) is 5.69 Å². The molecule has 9 heteroatoms. The van der Waals surface area contributed by atoms with Crippen LogP contribution < -0.4 is 4.90 Å².